The van der Waals surface area contributed by atoms with Crippen molar-refractivity contribution in [1.29, 1.82) is 0 Å². The molecule has 0 radical (unpaired) electrons. The molecule has 1 aromatic heterocycles. The van der Waals surface area contributed by atoms with Crippen molar-refractivity contribution < 1.29 is 13.5 Å². The first kappa shape index (κ1) is 9.12. The van der Waals surface area contributed by atoms with Crippen LogP contribution in [0.15, 0.2) is 12.3 Å². The number of hydrogen-bond donors (Lipinski definition) is 0. The summed E-state index contributed by atoms with van der Waals surface area (Å²) in [6.45, 7) is -0.635. The molecule has 1 aromatic rings. The van der Waals surface area contributed by atoms with Gasteiger partial charge in [0.15, 0.2) is 0 Å². The summed E-state index contributed by atoms with van der Waals surface area (Å²) < 4.78 is 31.6. The first-order chi connectivity index (χ1) is 5.56. The van der Waals surface area contributed by atoms with Crippen molar-refractivity contribution in [2.45, 2.75) is 5.92 Å². The van der Waals surface area contributed by atoms with Gasteiger partial charge in [-0.1, -0.05) is 0 Å². The minimum Gasteiger partial charge on any atom is -0.378 e. The van der Waals surface area contributed by atoms with Crippen LogP contribution < -0.4 is 0 Å². The molecule has 3 nitrogen and oxygen atoms in total. The molecule has 0 bridgehead atoms. The summed E-state index contributed by atoms with van der Waals surface area (Å²) in [5, 5.41) is 3.59. The molecular weight excluding hydrogens is 166 g/mol. The maximum absolute atomic E-state index is 13.0. The quantitative estimate of drug-likeness (QED) is 0.691. The lowest BCUT2D eigenvalue weighted by Gasteiger charge is -2.11. The van der Waals surface area contributed by atoms with Crippen LogP contribution in [0.1, 0.15) is 5.69 Å². The zero-order valence-electron chi connectivity index (χ0n) is 6.92. The van der Waals surface area contributed by atoms with E-state index in [-0.39, 0.29) is 5.69 Å². The van der Waals surface area contributed by atoms with Gasteiger partial charge in [-0.05, 0) is 6.07 Å². The van der Waals surface area contributed by atoms with Crippen LogP contribution in [0.4, 0.5) is 8.78 Å². The Balaban J connectivity index is 2.81. The van der Waals surface area contributed by atoms with Crippen molar-refractivity contribution >= 4 is 0 Å². The largest absolute Gasteiger partial charge is 0.378 e. The van der Waals surface area contributed by atoms with Gasteiger partial charge in [0.1, 0.15) is 12.3 Å². The lowest BCUT2D eigenvalue weighted by atomic mass is 10.2. The maximum atomic E-state index is 13.0. The molecule has 1 rings (SSSR count). The molecule has 0 fully saturated rings. The number of rotatable bonds is 3. The minimum absolute atomic E-state index is 0.258. The smallest absolute Gasteiger partial charge is 0.314 e. The predicted molar refractivity (Wildman–Crippen MR) is 39.0 cm³/mol. The fraction of sp³-hybridized carbons (Fsp3) is 0.571. The van der Waals surface area contributed by atoms with Crippen LogP contribution in [0, 0.1) is 0 Å². The Morgan fingerprint density at radius 1 is 1.67 bits per heavy atom. The summed E-state index contributed by atoms with van der Waals surface area (Å²) in [6, 6.07) is 1.28. The Labute approximate surface area is 68.9 Å². The molecule has 0 saturated carbocycles. The number of aryl methyl sites for hydroxylation is 1. The average molecular weight is 176 g/mol. The highest BCUT2D eigenvalue weighted by atomic mass is 19.3. The Kier molecular flexibility index (Phi) is 2.42. The first-order valence-electron chi connectivity index (χ1n) is 3.43. The van der Waals surface area contributed by atoms with Gasteiger partial charge < -0.3 is 4.74 Å². The van der Waals surface area contributed by atoms with E-state index in [0.29, 0.717) is 0 Å². The second-order valence-corrected chi connectivity index (χ2v) is 2.51. The molecule has 0 saturated heterocycles. The molecular formula is C7H10F2N2O. The Hall–Kier alpha value is -0.970. The number of nitrogens with zero attached hydrogens (tertiary/aromatic N) is 2. The number of ether oxygens (including phenoxy) is 1. The fourth-order valence-corrected chi connectivity index (χ4v) is 0.865. The second-order valence-electron chi connectivity index (χ2n) is 2.51. The van der Waals surface area contributed by atoms with E-state index >= 15 is 0 Å². The highest BCUT2D eigenvalue weighted by Crippen LogP contribution is 2.25. The Bertz CT molecular complexity index is 260. The van der Waals surface area contributed by atoms with Crippen molar-refractivity contribution in [3.05, 3.63) is 18.0 Å². The summed E-state index contributed by atoms with van der Waals surface area (Å²) in [5.41, 5.74) is -0.258. The van der Waals surface area contributed by atoms with Crippen LogP contribution in [0.3, 0.4) is 0 Å². The number of hydrogen-bond acceptors (Lipinski definition) is 2. The third kappa shape index (κ3) is 1.79. The van der Waals surface area contributed by atoms with E-state index in [1.54, 1.807) is 7.05 Å². The van der Waals surface area contributed by atoms with Gasteiger partial charge in [0.05, 0.1) is 0 Å². The summed E-state index contributed by atoms with van der Waals surface area (Å²) >= 11 is 0. The zero-order chi connectivity index (χ0) is 9.19. The lowest BCUT2D eigenvalue weighted by Crippen LogP contribution is -2.21. The zero-order valence-corrected chi connectivity index (χ0v) is 6.92. The molecule has 0 spiro atoms. The topological polar surface area (TPSA) is 27.1 Å². The van der Waals surface area contributed by atoms with Gasteiger partial charge in [-0.3, -0.25) is 4.68 Å². The monoisotopic (exact) mass is 176 g/mol. The van der Waals surface area contributed by atoms with Gasteiger partial charge in [0.25, 0.3) is 0 Å². The number of aromatic nitrogens is 2. The van der Waals surface area contributed by atoms with Crippen molar-refractivity contribution in [2.24, 2.45) is 7.05 Å². The van der Waals surface area contributed by atoms with Crippen LogP contribution in [0.5, 0.6) is 0 Å². The van der Waals surface area contributed by atoms with E-state index in [1.165, 1.54) is 24.1 Å². The molecule has 0 atom stereocenters. The van der Waals surface area contributed by atoms with Gasteiger partial charge >= 0.3 is 5.92 Å². The summed E-state index contributed by atoms with van der Waals surface area (Å²) in [7, 11) is 2.82. The van der Waals surface area contributed by atoms with E-state index in [4.69, 9.17) is 0 Å². The van der Waals surface area contributed by atoms with E-state index in [1.807, 2.05) is 0 Å². The van der Waals surface area contributed by atoms with Crippen molar-refractivity contribution in [2.75, 3.05) is 13.7 Å². The molecule has 0 aliphatic carbocycles. The lowest BCUT2D eigenvalue weighted by molar-refractivity contribution is -0.0734. The Morgan fingerprint density at radius 2 is 2.33 bits per heavy atom. The number of alkyl halides is 2. The number of methoxy groups -OCH3 is 1. The molecule has 0 aliphatic heterocycles. The van der Waals surface area contributed by atoms with Crippen molar-refractivity contribution in [3.63, 3.8) is 0 Å². The second kappa shape index (κ2) is 3.18. The first-order valence-corrected chi connectivity index (χ1v) is 3.43. The molecule has 5 heteroatoms. The highest BCUT2D eigenvalue weighted by Gasteiger charge is 2.33. The normalized spacial score (nSPS) is 12.0. The molecule has 0 amide bonds. The van der Waals surface area contributed by atoms with E-state index in [2.05, 4.69) is 9.84 Å². The number of halogens is 2. The molecule has 0 unspecified atom stereocenters. The van der Waals surface area contributed by atoms with Crippen molar-refractivity contribution in [3.8, 4) is 0 Å². The third-order valence-electron chi connectivity index (χ3n) is 1.41. The minimum atomic E-state index is -2.99. The van der Waals surface area contributed by atoms with Gasteiger partial charge in [0.2, 0.25) is 0 Å². The average Bonchev–Trinajstić information content (AvgIpc) is 2.36. The molecule has 68 valence electrons. The molecule has 0 aliphatic rings. The molecule has 1 heterocycles. The van der Waals surface area contributed by atoms with E-state index in [9.17, 15) is 8.78 Å². The van der Waals surface area contributed by atoms with Crippen LogP contribution in [-0.4, -0.2) is 23.5 Å². The van der Waals surface area contributed by atoms with E-state index < -0.39 is 12.5 Å². The summed E-state index contributed by atoms with van der Waals surface area (Å²) in [5.74, 6) is -2.99. The molecule has 12 heavy (non-hydrogen) atoms. The maximum Gasteiger partial charge on any atom is 0.314 e. The van der Waals surface area contributed by atoms with Gasteiger partial charge in [-0.2, -0.15) is 13.9 Å². The SMILES string of the molecule is COCC(F)(F)c1ccn(C)n1. The van der Waals surface area contributed by atoms with Crippen LogP contribution in [-0.2, 0) is 17.7 Å². The van der Waals surface area contributed by atoms with Crippen LogP contribution >= 0.6 is 0 Å². The van der Waals surface area contributed by atoms with Crippen LogP contribution in [0.25, 0.3) is 0 Å². The fourth-order valence-electron chi connectivity index (χ4n) is 0.865. The molecule has 0 N–H and O–H groups in total. The molecule has 0 aromatic carbocycles. The predicted octanol–water partition coefficient (Wildman–Crippen LogP) is 1.16. The summed E-state index contributed by atoms with van der Waals surface area (Å²) in [4.78, 5) is 0. The Morgan fingerprint density at radius 3 is 2.75 bits per heavy atom. The van der Waals surface area contributed by atoms with Crippen molar-refractivity contribution in [1.82, 2.24) is 9.78 Å². The van der Waals surface area contributed by atoms with Gasteiger partial charge in [-0.25, -0.2) is 0 Å². The van der Waals surface area contributed by atoms with E-state index in [0.717, 1.165) is 0 Å². The van der Waals surface area contributed by atoms with Gasteiger partial charge in [-0.15, -0.1) is 0 Å². The van der Waals surface area contributed by atoms with Crippen LogP contribution in [0.2, 0.25) is 0 Å². The third-order valence-corrected chi connectivity index (χ3v) is 1.41. The summed E-state index contributed by atoms with van der Waals surface area (Å²) in [6.07, 6.45) is 1.47. The standard InChI is InChI=1S/C7H10F2N2O/c1-11-4-3-6(10-11)7(8,9)5-12-2/h3-4H,5H2,1-2H3. The van der Waals surface area contributed by atoms with Gasteiger partial charge in [0, 0.05) is 20.4 Å². The highest BCUT2D eigenvalue weighted by molar-refractivity contribution is 5.06.